The van der Waals surface area contributed by atoms with E-state index in [0.717, 1.165) is 42.2 Å². The van der Waals surface area contributed by atoms with Crippen LogP contribution in [0.1, 0.15) is 43.2 Å². The lowest BCUT2D eigenvalue weighted by Crippen LogP contribution is -2.40. The van der Waals surface area contributed by atoms with Crippen LogP contribution in [0.4, 0.5) is 5.95 Å². The van der Waals surface area contributed by atoms with Crippen LogP contribution in [-0.4, -0.2) is 30.8 Å². The fourth-order valence-corrected chi connectivity index (χ4v) is 4.33. The molecule has 0 aliphatic heterocycles. The van der Waals surface area contributed by atoms with E-state index in [1.165, 1.54) is 11.6 Å². The van der Waals surface area contributed by atoms with Crippen molar-refractivity contribution in [3.63, 3.8) is 0 Å². The van der Waals surface area contributed by atoms with E-state index in [0.29, 0.717) is 22.7 Å². The van der Waals surface area contributed by atoms with Crippen molar-refractivity contribution in [1.82, 2.24) is 18.7 Å². The van der Waals surface area contributed by atoms with Gasteiger partial charge >= 0.3 is 5.69 Å². The lowest BCUT2D eigenvalue weighted by molar-refractivity contribution is 0.523. The largest absolute Gasteiger partial charge is 0.351 e. The van der Waals surface area contributed by atoms with Gasteiger partial charge in [-0.05, 0) is 24.5 Å². The lowest BCUT2D eigenvalue weighted by Gasteiger charge is -2.23. The molecule has 1 fully saturated rings. The Morgan fingerprint density at radius 1 is 1.16 bits per heavy atom. The van der Waals surface area contributed by atoms with Gasteiger partial charge in [-0.2, -0.15) is 10.2 Å². The smallest absolute Gasteiger partial charge is 0.332 e. The Balaban J connectivity index is 1.90. The molecule has 2 heterocycles. The number of nitrogens with two attached hydrogens (primary N) is 1. The minimum Gasteiger partial charge on any atom is -0.351 e. The summed E-state index contributed by atoms with van der Waals surface area (Å²) in [6.45, 7) is 0.276. The number of fused-ring (bicyclic) bond motifs is 1. The first-order valence-electron chi connectivity index (χ1n) is 10.6. The van der Waals surface area contributed by atoms with Gasteiger partial charge in [-0.25, -0.2) is 4.79 Å². The molecule has 0 unspecified atom stereocenters. The number of aromatic nitrogens is 4. The molecular weight excluding hydrogens is 394 g/mol. The van der Waals surface area contributed by atoms with Crippen LogP contribution in [0.25, 0.3) is 11.2 Å². The number of anilines is 1. The fraction of sp³-hybridized carbons (Fsp3) is 0.455. The highest BCUT2D eigenvalue weighted by Crippen LogP contribution is 2.24. The molecule has 0 amide bonds. The molecule has 9 nitrogen and oxygen atoms in total. The molecule has 1 aromatic carbocycles. The number of nitrogens with one attached hydrogen (secondary N) is 1. The molecule has 0 saturated heterocycles. The van der Waals surface area contributed by atoms with Gasteiger partial charge in [0.05, 0.1) is 18.2 Å². The topological polar surface area (TPSA) is 124 Å². The molecule has 1 aliphatic carbocycles. The predicted molar refractivity (Wildman–Crippen MR) is 119 cm³/mol. The van der Waals surface area contributed by atoms with Crippen molar-refractivity contribution in [2.45, 2.75) is 50.7 Å². The zero-order valence-corrected chi connectivity index (χ0v) is 17.8. The van der Waals surface area contributed by atoms with E-state index in [4.69, 9.17) is 5.73 Å². The van der Waals surface area contributed by atoms with E-state index in [1.54, 1.807) is 23.7 Å². The molecule has 1 aliphatic rings. The van der Waals surface area contributed by atoms with Crippen LogP contribution in [0.5, 0.6) is 0 Å². The van der Waals surface area contributed by atoms with Crippen LogP contribution < -0.4 is 22.3 Å². The molecule has 1 saturated carbocycles. The third kappa shape index (κ3) is 3.75. The Kier molecular flexibility index (Phi) is 5.65. The van der Waals surface area contributed by atoms with Crippen molar-refractivity contribution in [3.8, 4) is 6.07 Å². The highest BCUT2D eigenvalue weighted by atomic mass is 16.2. The van der Waals surface area contributed by atoms with Crippen LogP contribution in [-0.2, 0) is 20.6 Å². The Bertz CT molecular complexity index is 1280. The second-order valence-electron chi connectivity index (χ2n) is 8.22. The number of hydrogen-bond acceptors (Lipinski definition) is 6. The molecule has 0 radical (unpaired) electrons. The van der Waals surface area contributed by atoms with Crippen molar-refractivity contribution >= 4 is 17.1 Å². The van der Waals surface area contributed by atoms with Crippen molar-refractivity contribution in [3.05, 3.63) is 56.2 Å². The van der Waals surface area contributed by atoms with Crippen LogP contribution in [0.3, 0.4) is 0 Å². The lowest BCUT2D eigenvalue weighted by atomic mass is 10.0. The fourth-order valence-electron chi connectivity index (χ4n) is 4.33. The average molecular weight is 422 g/mol. The van der Waals surface area contributed by atoms with E-state index in [1.807, 2.05) is 12.1 Å². The van der Waals surface area contributed by atoms with Crippen LogP contribution in [0.2, 0.25) is 0 Å². The van der Waals surface area contributed by atoms with Gasteiger partial charge in [0.2, 0.25) is 5.95 Å². The monoisotopic (exact) mass is 421 g/mol. The maximum atomic E-state index is 13.1. The van der Waals surface area contributed by atoms with E-state index < -0.39 is 11.2 Å². The summed E-state index contributed by atoms with van der Waals surface area (Å²) in [5.74, 6) is 0.489. The van der Waals surface area contributed by atoms with Crippen molar-refractivity contribution in [2.75, 3.05) is 5.32 Å². The zero-order valence-electron chi connectivity index (χ0n) is 17.8. The molecule has 2 atom stereocenters. The molecule has 2 aromatic heterocycles. The molecule has 0 spiro atoms. The number of imidazole rings is 1. The first kappa shape index (κ1) is 20.9. The van der Waals surface area contributed by atoms with Gasteiger partial charge in [-0.15, -0.1) is 0 Å². The molecule has 31 heavy (non-hydrogen) atoms. The quantitative estimate of drug-likeness (QED) is 0.614. The van der Waals surface area contributed by atoms with E-state index in [-0.39, 0.29) is 18.6 Å². The summed E-state index contributed by atoms with van der Waals surface area (Å²) in [6, 6.07) is 9.48. The van der Waals surface area contributed by atoms with Crippen LogP contribution in [0.15, 0.2) is 33.9 Å². The third-order valence-electron chi connectivity index (χ3n) is 6.20. The summed E-state index contributed by atoms with van der Waals surface area (Å²) in [5, 5.41) is 13.0. The maximum Gasteiger partial charge on any atom is 0.332 e. The number of aryl methyl sites for hydroxylation is 1. The summed E-state index contributed by atoms with van der Waals surface area (Å²) in [7, 11) is 3.06. The third-order valence-corrected chi connectivity index (χ3v) is 6.20. The maximum absolute atomic E-state index is 13.1. The molecule has 3 N–H and O–H groups in total. The Labute approximate surface area is 179 Å². The minimum absolute atomic E-state index is 0.0187. The van der Waals surface area contributed by atoms with Gasteiger partial charge in [0, 0.05) is 26.2 Å². The van der Waals surface area contributed by atoms with Gasteiger partial charge in [-0.3, -0.25) is 18.5 Å². The molecule has 9 heteroatoms. The first-order chi connectivity index (χ1) is 14.9. The van der Waals surface area contributed by atoms with E-state index >= 15 is 0 Å². The van der Waals surface area contributed by atoms with E-state index in [2.05, 4.69) is 16.4 Å². The SMILES string of the molecule is Cn1c(=O)c2c(nc(N[C@@H]3CCCCC[C@@H]3N)n2Cc2ccccc2C#N)n(C)c1=O. The first-order valence-corrected chi connectivity index (χ1v) is 10.6. The minimum atomic E-state index is -0.433. The summed E-state index contributed by atoms with van der Waals surface area (Å²) >= 11 is 0. The van der Waals surface area contributed by atoms with Crippen LogP contribution >= 0.6 is 0 Å². The summed E-state index contributed by atoms with van der Waals surface area (Å²) in [5.41, 5.74) is 7.50. The highest BCUT2D eigenvalue weighted by Gasteiger charge is 2.25. The Morgan fingerprint density at radius 3 is 2.68 bits per heavy atom. The standard InChI is InChI=1S/C22H27N7O2/c1-27-19-18(20(30)28(2)22(27)31)29(13-15-9-7-6-8-14(15)12-23)21(26-19)25-17-11-5-3-4-10-16(17)24/h6-9,16-17H,3-5,10-11,13,24H2,1-2H3,(H,25,26)/t16-,17+/m0/s1. The molecular formula is C22H27N7O2. The highest BCUT2D eigenvalue weighted by molar-refractivity contribution is 5.74. The average Bonchev–Trinajstić information content (AvgIpc) is 3.00. The predicted octanol–water partition coefficient (Wildman–Crippen LogP) is 1.43. The van der Waals surface area contributed by atoms with Gasteiger partial charge in [0.1, 0.15) is 0 Å². The molecule has 3 aromatic rings. The number of nitriles is 1. The number of rotatable bonds is 4. The van der Waals surface area contributed by atoms with Crippen molar-refractivity contribution in [1.29, 1.82) is 5.26 Å². The summed E-state index contributed by atoms with van der Waals surface area (Å²) in [6.07, 6.45) is 5.15. The van der Waals surface area contributed by atoms with Gasteiger partial charge in [-0.1, -0.05) is 37.5 Å². The number of nitrogens with zero attached hydrogens (tertiary/aromatic N) is 5. The van der Waals surface area contributed by atoms with Crippen LogP contribution in [0, 0.1) is 11.3 Å². The zero-order chi connectivity index (χ0) is 22.1. The van der Waals surface area contributed by atoms with Crippen molar-refractivity contribution < 1.29 is 0 Å². The summed E-state index contributed by atoms with van der Waals surface area (Å²) in [4.78, 5) is 30.2. The number of hydrogen-bond donors (Lipinski definition) is 2. The summed E-state index contributed by atoms with van der Waals surface area (Å²) < 4.78 is 4.23. The Morgan fingerprint density at radius 2 is 1.90 bits per heavy atom. The van der Waals surface area contributed by atoms with Gasteiger partial charge in [0.25, 0.3) is 5.56 Å². The molecule has 162 valence electrons. The number of benzene rings is 1. The Hall–Kier alpha value is -3.38. The van der Waals surface area contributed by atoms with Crippen molar-refractivity contribution in [2.24, 2.45) is 19.8 Å². The van der Waals surface area contributed by atoms with E-state index in [9.17, 15) is 14.9 Å². The second-order valence-corrected chi connectivity index (χ2v) is 8.22. The normalized spacial score (nSPS) is 19.2. The van der Waals surface area contributed by atoms with Gasteiger partial charge in [0.15, 0.2) is 11.2 Å². The molecule has 0 bridgehead atoms. The molecule has 4 rings (SSSR count). The van der Waals surface area contributed by atoms with Gasteiger partial charge < -0.3 is 11.1 Å². The second kappa shape index (κ2) is 8.40.